The van der Waals surface area contributed by atoms with E-state index in [0.717, 1.165) is 16.7 Å². The summed E-state index contributed by atoms with van der Waals surface area (Å²) in [6, 6.07) is 10.7. The predicted octanol–water partition coefficient (Wildman–Crippen LogP) is 5.69. The molecule has 0 fully saturated rings. The van der Waals surface area contributed by atoms with Crippen molar-refractivity contribution in [3.63, 3.8) is 0 Å². The van der Waals surface area contributed by atoms with Crippen LogP contribution in [-0.4, -0.2) is 9.97 Å². The first-order chi connectivity index (χ1) is 9.11. The lowest BCUT2D eigenvalue weighted by Gasteiger charge is -2.05. The predicted molar refractivity (Wildman–Crippen MR) is 88.1 cm³/mol. The highest BCUT2D eigenvalue weighted by Crippen LogP contribution is 2.28. The number of nitrogens with zero attached hydrogens (tertiary/aromatic N) is 1. The van der Waals surface area contributed by atoms with Gasteiger partial charge in [-0.3, -0.25) is 0 Å². The maximum atomic E-state index is 6.09. The third-order valence-corrected chi connectivity index (χ3v) is 3.41. The average Bonchev–Trinajstić information content (AvgIpc) is 2.74. The summed E-state index contributed by atoms with van der Waals surface area (Å²) in [7, 11) is 0. The maximum absolute atomic E-state index is 6.09. The van der Waals surface area contributed by atoms with E-state index in [0.29, 0.717) is 21.0 Å². The number of imidazole rings is 1. The molecule has 0 spiro atoms. The summed E-state index contributed by atoms with van der Waals surface area (Å²) >= 11 is 17.9. The molecule has 3 nitrogen and oxygen atoms in total. The molecule has 2 aromatic carbocycles. The number of aromatic amines is 1. The zero-order valence-corrected chi connectivity index (χ0v) is 13.0. The largest absolute Gasteiger partial charge is 0.324 e. The van der Waals surface area contributed by atoms with Crippen molar-refractivity contribution < 1.29 is 0 Å². The molecule has 0 atom stereocenters. The van der Waals surface area contributed by atoms with Crippen molar-refractivity contribution in [2.75, 3.05) is 5.32 Å². The third-order valence-electron chi connectivity index (χ3n) is 2.63. The number of hydrogen-bond acceptors (Lipinski definition) is 2. The van der Waals surface area contributed by atoms with Crippen molar-refractivity contribution in [2.24, 2.45) is 0 Å². The van der Waals surface area contributed by atoms with Gasteiger partial charge in [0.25, 0.3) is 0 Å². The Morgan fingerprint density at radius 1 is 0.950 bits per heavy atom. The quantitative estimate of drug-likeness (QED) is 0.624. The maximum Gasteiger partial charge on any atom is 0.205 e. The van der Waals surface area contributed by atoms with Gasteiger partial charge in [-0.05, 0) is 36.4 Å². The summed E-state index contributed by atoms with van der Waals surface area (Å²) < 4.78 is 0. The fourth-order valence-corrected chi connectivity index (χ4v) is 2.39. The van der Waals surface area contributed by atoms with Gasteiger partial charge >= 0.3 is 0 Å². The molecule has 104 valence electrons. The van der Waals surface area contributed by atoms with Crippen molar-refractivity contribution in [1.29, 1.82) is 0 Å². The Morgan fingerprint density at radius 3 is 2.40 bits per heavy atom. The molecular formula is C13H9Cl4N3. The zero-order valence-electron chi connectivity index (χ0n) is 9.95. The van der Waals surface area contributed by atoms with Crippen LogP contribution in [-0.2, 0) is 0 Å². The van der Waals surface area contributed by atoms with Crippen molar-refractivity contribution in [3.05, 3.63) is 51.5 Å². The van der Waals surface area contributed by atoms with Crippen molar-refractivity contribution in [3.8, 4) is 0 Å². The Morgan fingerprint density at radius 2 is 1.65 bits per heavy atom. The second kappa shape index (κ2) is 6.10. The fourth-order valence-electron chi connectivity index (χ4n) is 1.76. The van der Waals surface area contributed by atoms with E-state index < -0.39 is 0 Å². The SMILES string of the molecule is Cl.Clc1ccc(Nc2nc3ccc(Cl)cc3[nH]2)c(Cl)c1. The normalized spacial score (nSPS) is 10.3. The molecule has 0 amide bonds. The molecule has 0 bridgehead atoms. The van der Waals surface area contributed by atoms with Crippen LogP contribution < -0.4 is 5.32 Å². The Labute approximate surface area is 136 Å². The highest BCUT2D eigenvalue weighted by molar-refractivity contribution is 6.36. The van der Waals surface area contributed by atoms with Crippen LogP contribution in [0, 0.1) is 0 Å². The lowest BCUT2D eigenvalue weighted by Crippen LogP contribution is -1.92. The van der Waals surface area contributed by atoms with E-state index in [4.69, 9.17) is 34.8 Å². The van der Waals surface area contributed by atoms with Crippen LogP contribution in [0.4, 0.5) is 11.6 Å². The van der Waals surface area contributed by atoms with Gasteiger partial charge in [-0.1, -0.05) is 34.8 Å². The second-order valence-corrected chi connectivity index (χ2v) is 5.28. The number of nitrogens with one attached hydrogen (secondary N) is 2. The van der Waals surface area contributed by atoms with Crippen LogP contribution in [0.1, 0.15) is 0 Å². The van der Waals surface area contributed by atoms with Crippen LogP contribution in [0.25, 0.3) is 11.0 Å². The number of aromatic nitrogens is 2. The Kier molecular flexibility index (Phi) is 4.66. The molecule has 1 heterocycles. The molecule has 0 radical (unpaired) electrons. The molecule has 0 unspecified atom stereocenters. The molecule has 7 heteroatoms. The molecule has 3 rings (SSSR count). The van der Waals surface area contributed by atoms with E-state index in [2.05, 4.69) is 15.3 Å². The summed E-state index contributed by atoms with van der Waals surface area (Å²) in [6.07, 6.45) is 0. The monoisotopic (exact) mass is 347 g/mol. The van der Waals surface area contributed by atoms with E-state index in [9.17, 15) is 0 Å². The standard InChI is InChI=1S/C13H8Cl3N3.ClH/c14-7-1-3-10(9(16)5-7)17-13-18-11-4-2-8(15)6-12(11)19-13;/h1-6H,(H2,17,18,19);1H. The summed E-state index contributed by atoms with van der Waals surface area (Å²) in [5.74, 6) is 0.599. The Hall–Kier alpha value is -1.13. The van der Waals surface area contributed by atoms with Gasteiger partial charge in [-0.25, -0.2) is 4.98 Å². The first kappa shape index (κ1) is 15.3. The molecule has 0 aliphatic rings. The van der Waals surface area contributed by atoms with Crippen LogP contribution in [0.3, 0.4) is 0 Å². The van der Waals surface area contributed by atoms with Crippen molar-refractivity contribution in [1.82, 2.24) is 9.97 Å². The molecular weight excluding hydrogens is 340 g/mol. The minimum absolute atomic E-state index is 0. The van der Waals surface area contributed by atoms with Gasteiger partial charge in [0.2, 0.25) is 5.95 Å². The summed E-state index contributed by atoms with van der Waals surface area (Å²) in [4.78, 5) is 7.52. The van der Waals surface area contributed by atoms with E-state index >= 15 is 0 Å². The smallest absolute Gasteiger partial charge is 0.205 e. The van der Waals surface area contributed by atoms with E-state index in [-0.39, 0.29) is 12.4 Å². The topological polar surface area (TPSA) is 40.7 Å². The van der Waals surface area contributed by atoms with Gasteiger partial charge in [-0.15, -0.1) is 12.4 Å². The summed E-state index contributed by atoms with van der Waals surface area (Å²) in [5, 5.41) is 4.89. The van der Waals surface area contributed by atoms with E-state index in [1.165, 1.54) is 0 Å². The number of hydrogen-bond donors (Lipinski definition) is 2. The van der Waals surface area contributed by atoms with Crippen LogP contribution in [0.5, 0.6) is 0 Å². The highest BCUT2D eigenvalue weighted by Gasteiger charge is 2.06. The van der Waals surface area contributed by atoms with Gasteiger partial charge in [0, 0.05) is 10.0 Å². The first-order valence-electron chi connectivity index (χ1n) is 5.49. The molecule has 0 saturated heterocycles. The van der Waals surface area contributed by atoms with Gasteiger partial charge < -0.3 is 10.3 Å². The number of rotatable bonds is 2. The van der Waals surface area contributed by atoms with Gasteiger partial charge in [-0.2, -0.15) is 0 Å². The van der Waals surface area contributed by atoms with Gasteiger partial charge in [0.15, 0.2) is 0 Å². The third kappa shape index (κ3) is 3.13. The van der Waals surface area contributed by atoms with Crippen LogP contribution in [0.2, 0.25) is 15.1 Å². The molecule has 0 aliphatic heterocycles. The van der Waals surface area contributed by atoms with Gasteiger partial charge in [0.05, 0.1) is 21.7 Å². The number of anilines is 2. The Bertz CT molecular complexity index is 754. The van der Waals surface area contributed by atoms with Gasteiger partial charge in [0.1, 0.15) is 0 Å². The highest BCUT2D eigenvalue weighted by atomic mass is 35.5. The molecule has 0 aliphatic carbocycles. The zero-order chi connectivity index (χ0) is 13.4. The molecule has 2 N–H and O–H groups in total. The van der Waals surface area contributed by atoms with E-state index in [1.807, 2.05) is 12.1 Å². The lowest BCUT2D eigenvalue weighted by molar-refractivity contribution is 1.31. The minimum Gasteiger partial charge on any atom is -0.324 e. The minimum atomic E-state index is 0. The fraction of sp³-hybridized carbons (Fsp3) is 0. The summed E-state index contributed by atoms with van der Waals surface area (Å²) in [6.45, 7) is 0. The number of fused-ring (bicyclic) bond motifs is 1. The number of benzene rings is 2. The lowest BCUT2D eigenvalue weighted by atomic mass is 10.3. The average molecular weight is 349 g/mol. The molecule has 20 heavy (non-hydrogen) atoms. The summed E-state index contributed by atoms with van der Waals surface area (Å²) in [5.41, 5.74) is 2.42. The number of halogens is 4. The first-order valence-corrected chi connectivity index (χ1v) is 6.62. The van der Waals surface area contributed by atoms with Crippen molar-refractivity contribution >= 4 is 69.9 Å². The number of H-pyrrole nitrogens is 1. The van der Waals surface area contributed by atoms with Crippen LogP contribution in [0.15, 0.2) is 36.4 Å². The van der Waals surface area contributed by atoms with Crippen LogP contribution >= 0.6 is 47.2 Å². The van der Waals surface area contributed by atoms with E-state index in [1.54, 1.807) is 24.3 Å². The molecule has 0 saturated carbocycles. The Balaban J connectivity index is 0.00000147. The molecule has 3 aromatic rings. The second-order valence-electron chi connectivity index (χ2n) is 4.00. The molecule has 1 aromatic heterocycles. The van der Waals surface area contributed by atoms with Crippen molar-refractivity contribution in [2.45, 2.75) is 0 Å².